The fourth-order valence-electron chi connectivity index (χ4n) is 2.20. The second kappa shape index (κ2) is 7.97. The van der Waals surface area contributed by atoms with Crippen molar-refractivity contribution in [3.05, 3.63) is 47.0 Å². The average molecular weight is 306 g/mol. The van der Waals surface area contributed by atoms with Crippen LogP contribution in [0.1, 0.15) is 45.2 Å². The second-order valence-corrected chi connectivity index (χ2v) is 4.61. The van der Waals surface area contributed by atoms with E-state index in [9.17, 15) is 19.5 Å². The zero-order valence-corrected chi connectivity index (χ0v) is 12.3. The lowest BCUT2D eigenvalue weighted by molar-refractivity contribution is -0.137. The highest BCUT2D eigenvalue weighted by molar-refractivity contribution is 6.03. The maximum absolute atomic E-state index is 11.4. The van der Waals surface area contributed by atoms with Gasteiger partial charge in [-0.25, -0.2) is 14.4 Å². The second-order valence-electron chi connectivity index (χ2n) is 4.61. The number of carboxylic acid groups (broad SMARTS) is 2. The van der Waals surface area contributed by atoms with Crippen molar-refractivity contribution in [1.82, 2.24) is 0 Å². The summed E-state index contributed by atoms with van der Waals surface area (Å²) in [6, 6.07) is 2.85. The van der Waals surface area contributed by atoms with E-state index in [1.807, 2.05) is 6.92 Å². The Morgan fingerprint density at radius 2 is 1.86 bits per heavy atom. The minimum atomic E-state index is -1.28. The van der Waals surface area contributed by atoms with Crippen molar-refractivity contribution < 1.29 is 29.3 Å². The Hall–Kier alpha value is -2.63. The summed E-state index contributed by atoms with van der Waals surface area (Å²) in [6.07, 6.45) is 2.47. The Bertz CT molecular complexity index is 603. The van der Waals surface area contributed by atoms with Gasteiger partial charge in [-0.15, -0.1) is 0 Å². The van der Waals surface area contributed by atoms with Crippen LogP contribution in [0.25, 0.3) is 0 Å². The molecule has 0 saturated heterocycles. The lowest BCUT2D eigenvalue weighted by Crippen LogP contribution is -2.15. The van der Waals surface area contributed by atoms with Gasteiger partial charge < -0.3 is 14.9 Å². The summed E-state index contributed by atoms with van der Waals surface area (Å²) >= 11 is 0. The summed E-state index contributed by atoms with van der Waals surface area (Å²) < 4.78 is 4.89. The molecule has 0 aliphatic rings. The number of hydrogen-bond donors (Lipinski definition) is 2. The molecule has 0 saturated carbocycles. The van der Waals surface area contributed by atoms with E-state index in [1.165, 1.54) is 6.07 Å². The first-order valence-electron chi connectivity index (χ1n) is 6.82. The maximum atomic E-state index is 11.4. The number of benzene rings is 1. The molecule has 0 spiro atoms. The van der Waals surface area contributed by atoms with Crippen molar-refractivity contribution in [2.75, 3.05) is 6.61 Å². The molecule has 6 heteroatoms. The summed E-state index contributed by atoms with van der Waals surface area (Å²) in [5, 5.41) is 18.5. The molecule has 1 aromatic rings. The molecule has 0 aromatic heterocycles. The van der Waals surface area contributed by atoms with Gasteiger partial charge in [0.15, 0.2) is 0 Å². The van der Waals surface area contributed by atoms with Gasteiger partial charge in [-0.3, -0.25) is 0 Å². The van der Waals surface area contributed by atoms with Crippen LogP contribution in [0.3, 0.4) is 0 Å². The average Bonchev–Trinajstić information content (AvgIpc) is 2.47. The molecular formula is C16H18O6. The molecule has 118 valence electrons. The molecule has 0 radical (unpaired) electrons. The normalized spacial score (nSPS) is 10.0. The monoisotopic (exact) mass is 306 g/mol. The highest BCUT2D eigenvalue weighted by Gasteiger charge is 2.22. The highest BCUT2D eigenvalue weighted by atomic mass is 16.5. The Labute approximate surface area is 128 Å². The standard InChI is InChI=1S/C16H18O6/c1-3-5-11-10(8-9-22-13(17)4-2)6-7-12(15(18)19)14(11)16(20)21/h4,6-7H,2-3,5,8-9H2,1H3,(H,18,19)(H,20,21). The van der Waals surface area contributed by atoms with E-state index in [-0.39, 0.29) is 17.7 Å². The lowest BCUT2D eigenvalue weighted by atomic mass is 9.91. The predicted molar refractivity (Wildman–Crippen MR) is 79.2 cm³/mol. The third-order valence-electron chi connectivity index (χ3n) is 3.14. The van der Waals surface area contributed by atoms with Gasteiger partial charge in [0.25, 0.3) is 0 Å². The molecule has 2 N–H and O–H groups in total. The van der Waals surface area contributed by atoms with Crippen LogP contribution in [-0.4, -0.2) is 34.7 Å². The maximum Gasteiger partial charge on any atom is 0.336 e. The summed E-state index contributed by atoms with van der Waals surface area (Å²) in [5.41, 5.74) is 0.718. The van der Waals surface area contributed by atoms with Gasteiger partial charge >= 0.3 is 17.9 Å². The van der Waals surface area contributed by atoms with E-state index in [4.69, 9.17) is 9.84 Å². The molecule has 1 aromatic carbocycles. The Kier molecular flexibility index (Phi) is 6.31. The van der Waals surface area contributed by atoms with Crippen molar-refractivity contribution in [1.29, 1.82) is 0 Å². The van der Waals surface area contributed by atoms with Gasteiger partial charge in [-0.1, -0.05) is 26.0 Å². The Balaban J connectivity index is 3.19. The topological polar surface area (TPSA) is 101 Å². The summed E-state index contributed by atoms with van der Waals surface area (Å²) in [4.78, 5) is 33.7. The van der Waals surface area contributed by atoms with E-state index in [0.717, 1.165) is 6.08 Å². The molecule has 0 heterocycles. The molecule has 6 nitrogen and oxygen atoms in total. The van der Waals surface area contributed by atoms with E-state index >= 15 is 0 Å². The molecule has 0 amide bonds. The van der Waals surface area contributed by atoms with Gasteiger partial charge in [0.05, 0.1) is 17.7 Å². The van der Waals surface area contributed by atoms with Crippen LogP contribution in [0.4, 0.5) is 0 Å². The quantitative estimate of drug-likeness (QED) is 0.564. The first-order valence-corrected chi connectivity index (χ1v) is 6.82. The first kappa shape index (κ1) is 17.4. The Morgan fingerprint density at radius 1 is 1.18 bits per heavy atom. The van der Waals surface area contributed by atoms with Crippen molar-refractivity contribution >= 4 is 17.9 Å². The Morgan fingerprint density at radius 3 is 2.36 bits per heavy atom. The van der Waals surface area contributed by atoms with Crippen molar-refractivity contribution in [3.63, 3.8) is 0 Å². The van der Waals surface area contributed by atoms with Crippen molar-refractivity contribution in [2.45, 2.75) is 26.2 Å². The van der Waals surface area contributed by atoms with Crippen LogP contribution < -0.4 is 0 Å². The van der Waals surface area contributed by atoms with Gasteiger partial charge in [0.1, 0.15) is 0 Å². The van der Waals surface area contributed by atoms with Crippen LogP contribution in [-0.2, 0) is 22.4 Å². The van der Waals surface area contributed by atoms with Crippen LogP contribution >= 0.6 is 0 Å². The smallest absolute Gasteiger partial charge is 0.336 e. The minimum Gasteiger partial charge on any atom is -0.478 e. The first-order chi connectivity index (χ1) is 10.4. The van der Waals surface area contributed by atoms with Gasteiger partial charge in [-0.2, -0.15) is 0 Å². The van der Waals surface area contributed by atoms with E-state index in [1.54, 1.807) is 6.07 Å². The molecule has 0 atom stereocenters. The van der Waals surface area contributed by atoms with E-state index in [2.05, 4.69) is 6.58 Å². The largest absolute Gasteiger partial charge is 0.478 e. The minimum absolute atomic E-state index is 0.0764. The number of rotatable bonds is 8. The number of carboxylic acids is 2. The molecule has 22 heavy (non-hydrogen) atoms. The highest BCUT2D eigenvalue weighted by Crippen LogP contribution is 2.22. The predicted octanol–water partition coefficient (Wildman–Crippen LogP) is 2.31. The number of hydrogen-bond acceptors (Lipinski definition) is 4. The number of aromatic carboxylic acids is 2. The fourth-order valence-corrected chi connectivity index (χ4v) is 2.20. The fraction of sp³-hybridized carbons (Fsp3) is 0.312. The van der Waals surface area contributed by atoms with Crippen LogP contribution in [0, 0.1) is 0 Å². The SMILES string of the molecule is C=CC(=O)OCCc1ccc(C(=O)O)c(C(=O)O)c1CCC. The van der Waals surface area contributed by atoms with Crippen LogP contribution in [0.2, 0.25) is 0 Å². The summed E-state index contributed by atoms with van der Waals surface area (Å²) in [5.74, 6) is -3.11. The molecule has 0 fully saturated rings. The van der Waals surface area contributed by atoms with Crippen molar-refractivity contribution in [2.24, 2.45) is 0 Å². The van der Waals surface area contributed by atoms with Crippen molar-refractivity contribution in [3.8, 4) is 0 Å². The molecule has 0 bridgehead atoms. The zero-order valence-electron chi connectivity index (χ0n) is 12.3. The van der Waals surface area contributed by atoms with Crippen LogP contribution in [0.5, 0.6) is 0 Å². The lowest BCUT2D eigenvalue weighted by Gasteiger charge is -2.14. The number of carbonyl (C=O) groups excluding carboxylic acids is 1. The van der Waals surface area contributed by atoms with E-state index < -0.39 is 17.9 Å². The summed E-state index contributed by atoms with van der Waals surface area (Å²) in [6.45, 7) is 5.24. The van der Waals surface area contributed by atoms with Gasteiger partial charge in [-0.05, 0) is 23.6 Å². The molecule has 0 unspecified atom stereocenters. The van der Waals surface area contributed by atoms with Gasteiger partial charge in [0.2, 0.25) is 0 Å². The van der Waals surface area contributed by atoms with E-state index in [0.29, 0.717) is 30.4 Å². The van der Waals surface area contributed by atoms with Gasteiger partial charge in [0, 0.05) is 12.5 Å². The molecular weight excluding hydrogens is 288 g/mol. The molecule has 0 aliphatic carbocycles. The number of esters is 1. The third kappa shape index (κ3) is 4.18. The summed E-state index contributed by atoms with van der Waals surface area (Å²) in [7, 11) is 0. The molecule has 0 aliphatic heterocycles. The molecule has 1 rings (SSSR count). The number of carbonyl (C=O) groups is 3. The number of ether oxygens (including phenoxy) is 1. The third-order valence-corrected chi connectivity index (χ3v) is 3.14. The van der Waals surface area contributed by atoms with Crippen LogP contribution in [0.15, 0.2) is 24.8 Å². The zero-order chi connectivity index (χ0) is 16.7.